The summed E-state index contributed by atoms with van der Waals surface area (Å²) in [5, 5.41) is 9.29. The third kappa shape index (κ3) is 3.71. The van der Waals surface area contributed by atoms with Gasteiger partial charge in [-0.2, -0.15) is 0 Å². The molecule has 1 aromatic carbocycles. The number of aromatic nitrogens is 4. The van der Waals surface area contributed by atoms with Crippen LogP contribution >= 0.6 is 11.8 Å². The number of nitrogens with zero attached hydrogens (tertiary/aromatic N) is 4. The summed E-state index contributed by atoms with van der Waals surface area (Å²) in [6.07, 6.45) is 5.58. The van der Waals surface area contributed by atoms with Gasteiger partial charge in [-0.25, -0.2) is 4.39 Å². The predicted octanol–water partition coefficient (Wildman–Crippen LogP) is 3.80. The SMILES string of the molecule is COc1ccc(C(=O)CSc2nnc(-c3ccncc3)n2C2CC2)cc1F. The number of methoxy groups -OCH3 is 1. The van der Waals surface area contributed by atoms with E-state index in [-0.39, 0.29) is 17.3 Å². The average molecular weight is 384 g/mol. The summed E-state index contributed by atoms with van der Waals surface area (Å²) in [5.74, 6) is 0.347. The van der Waals surface area contributed by atoms with Crippen LogP contribution in [0.5, 0.6) is 5.75 Å². The Morgan fingerprint density at radius 1 is 1.26 bits per heavy atom. The molecule has 1 aliphatic rings. The zero-order valence-corrected chi connectivity index (χ0v) is 15.4. The van der Waals surface area contributed by atoms with Crippen LogP contribution in [-0.2, 0) is 0 Å². The van der Waals surface area contributed by atoms with Crippen LogP contribution in [0.25, 0.3) is 11.4 Å². The fourth-order valence-corrected chi connectivity index (χ4v) is 3.69. The van der Waals surface area contributed by atoms with E-state index in [9.17, 15) is 9.18 Å². The number of Topliss-reactive ketones (excluding diaryl/α,β-unsaturated/α-hetero) is 1. The molecule has 138 valence electrons. The number of rotatable bonds is 7. The lowest BCUT2D eigenvalue weighted by Crippen LogP contribution is -2.06. The molecule has 0 radical (unpaired) electrons. The number of ketones is 1. The van der Waals surface area contributed by atoms with E-state index in [4.69, 9.17) is 4.74 Å². The van der Waals surface area contributed by atoms with E-state index in [1.807, 2.05) is 12.1 Å². The maximum Gasteiger partial charge on any atom is 0.192 e. The Hall–Kier alpha value is -2.74. The quantitative estimate of drug-likeness (QED) is 0.456. The van der Waals surface area contributed by atoms with Crippen LogP contribution in [0.15, 0.2) is 47.9 Å². The van der Waals surface area contributed by atoms with Gasteiger partial charge in [0, 0.05) is 29.6 Å². The Kier molecular flexibility index (Phi) is 4.89. The Bertz CT molecular complexity index is 973. The second-order valence-electron chi connectivity index (χ2n) is 6.20. The molecule has 0 saturated heterocycles. The van der Waals surface area contributed by atoms with E-state index in [2.05, 4.69) is 19.7 Å². The van der Waals surface area contributed by atoms with Crippen molar-refractivity contribution in [3.63, 3.8) is 0 Å². The summed E-state index contributed by atoms with van der Waals surface area (Å²) in [7, 11) is 1.39. The minimum Gasteiger partial charge on any atom is -0.494 e. The molecule has 0 N–H and O–H groups in total. The van der Waals surface area contributed by atoms with Gasteiger partial charge in [0.2, 0.25) is 0 Å². The van der Waals surface area contributed by atoms with E-state index < -0.39 is 5.82 Å². The maximum atomic E-state index is 13.8. The third-order valence-corrected chi connectivity index (χ3v) is 5.26. The molecule has 0 amide bonds. The number of thioether (sulfide) groups is 1. The standard InChI is InChI=1S/C19H17FN4O2S/c1-26-17-5-2-13(10-15(17)20)16(25)11-27-19-23-22-18(24(19)14-3-4-14)12-6-8-21-9-7-12/h2,5-10,14H,3-4,11H2,1H3. The summed E-state index contributed by atoms with van der Waals surface area (Å²) in [6, 6.07) is 8.38. The van der Waals surface area contributed by atoms with E-state index in [0.717, 1.165) is 24.2 Å². The molecule has 4 rings (SSSR count). The molecule has 2 aromatic heterocycles. The highest BCUT2D eigenvalue weighted by atomic mass is 32.2. The molecule has 0 aliphatic heterocycles. The molecule has 27 heavy (non-hydrogen) atoms. The molecule has 6 nitrogen and oxygen atoms in total. The van der Waals surface area contributed by atoms with Crippen molar-refractivity contribution in [3.05, 3.63) is 54.1 Å². The normalized spacial score (nSPS) is 13.6. The number of carbonyl (C=O) groups excluding carboxylic acids is 1. The number of pyridine rings is 1. The van der Waals surface area contributed by atoms with Crippen molar-refractivity contribution in [2.75, 3.05) is 12.9 Å². The number of carbonyl (C=O) groups is 1. The van der Waals surface area contributed by atoms with E-state index in [1.54, 1.807) is 18.5 Å². The first-order chi connectivity index (χ1) is 13.2. The number of benzene rings is 1. The van der Waals surface area contributed by atoms with Crippen LogP contribution in [0.3, 0.4) is 0 Å². The topological polar surface area (TPSA) is 69.9 Å². The van der Waals surface area contributed by atoms with Crippen molar-refractivity contribution in [3.8, 4) is 17.1 Å². The first-order valence-corrected chi connectivity index (χ1v) is 9.51. The Morgan fingerprint density at radius 2 is 2.04 bits per heavy atom. The first kappa shape index (κ1) is 17.7. The molecular formula is C19H17FN4O2S. The largest absolute Gasteiger partial charge is 0.494 e. The zero-order valence-electron chi connectivity index (χ0n) is 14.6. The van der Waals surface area contributed by atoms with Gasteiger partial charge in [-0.3, -0.25) is 14.3 Å². The van der Waals surface area contributed by atoms with Crippen molar-refractivity contribution in [1.82, 2.24) is 19.7 Å². The van der Waals surface area contributed by atoms with Gasteiger partial charge in [-0.15, -0.1) is 10.2 Å². The van der Waals surface area contributed by atoms with Crippen molar-refractivity contribution >= 4 is 17.5 Å². The summed E-state index contributed by atoms with van der Waals surface area (Å²) in [4.78, 5) is 16.5. The number of hydrogen-bond donors (Lipinski definition) is 0. The van der Waals surface area contributed by atoms with Crippen LogP contribution in [0.1, 0.15) is 29.2 Å². The molecule has 8 heteroatoms. The molecule has 0 bridgehead atoms. The first-order valence-electron chi connectivity index (χ1n) is 8.52. The fourth-order valence-electron chi connectivity index (χ4n) is 2.79. The number of hydrogen-bond acceptors (Lipinski definition) is 6. The second kappa shape index (κ2) is 7.48. The van der Waals surface area contributed by atoms with Crippen LogP contribution < -0.4 is 4.74 Å². The van der Waals surface area contributed by atoms with Crippen molar-refractivity contribution in [1.29, 1.82) is 0 Å². The third-order valence-electron chi connectivity index (χ3n) is 4.32. The lowest BCUT2D eigenvalue weighted by atomic mass is 10.1. The molecule has 1 aliphatic carbocycles. The van der Waals surface area contributed by atoms with Gasteiger partial charge in [0.05, 0.1) is 12.9 Å². The predicted molar refractivity (Wildman–Crippen MR) is 99.5 cm³/mol. The van der Waals surface area contributed by atoms with Gasteiger partial charge in [0.15, 0.2) is 28.3 Å². The Labute approximate surface area is 159 Å². The summed E-state index contributed by atoms with van der Waals surface area (Å²) >= 11 is 1.32. The Morgan fingerprint density at radius 3 is 2.70 bits per heavy atom. The molecule has 1 saturated carbocycles. The summed E-state index contributed by atoms with van der Waals surface area (Å²) < 4.78 is 20.8. The van der Waals surface area contributed by atoms with E-state index >= 15 is 0 Å². The minimum atomic E-state index is -0.547. The molecule has 1 fully saturated rings. The monoisotopic (exact) mass is 384 g/mol. The number of halogens is 1. The molecule has 0 atom stereocenters. The molecule has 0 unspecified atom stereocenters. The highest BCUT2D eigenvalue weighted by Gasteiger charge is 2.30. The molecule has 3 aromatic rings. The van der Waals surface area contributed by atoms with Gasteiger partial charge in [-0.05, 0) is 43.2 Å². The molecule has 0 spiro atoms. The average Bonchev–Trinajstić information content (AvgIpc) is 3.45. The minimum absolute atomic E-state index is 0.120. The van der Waals surface area contributed by atoms with Gasteiger partial charge in [-0.1, -0.05) is 11.8 Å². The second-order valence-corrected chi connectivity index (χ2v) is 7.15. The zero-order chi connectivity index (χ0) is 18.8. The Balaban J connectivity index is 1.52. The van der Waals surface area contributed by atoms with Gasteiger partial charge in [0.1, 0.15) is 0 Å². The molecular weight excluding hydrogens is 367 g/mol. The van der Waals surface area contributed by atoms with Crippen LogP contribution in [-0.4, -0.2) is 38.4 Å². The van der Waals surface area contributed by atoms with Gasteiger partial charge < -0.3 is 4.74 Å². The van der Waals surface area contributed by atoms with Crippen LogP contribution in [0.2, 0.25) is 0 Å². The van der Waals surface area contributed by atoms with Crippen molar-refractivity contribution in [2.24, 2.45) is 0 Å². The smallest absolute Gasteiger partial charge is 0.192 e. The van der Waals surface area contributed by atoms with E-state index in [0.29, 0.717) is 16.8 Å². The van der Waals surface area contributed by atoms with Gasteiger partial charge >= 0.3 is 0 Å². The van der Waals surface area contributed by atoms with Crippen molar-refractivity contribution in [2.45, 2.75) is 24.0 Å². The van der Waals surface area contributed by atoms with E-state index in [1.165, 1.54) is 31.0 Å². The number of ether oxygens (including phenoxy) is 1. The van der Waals surface area contributed by atoms with Crippen LogP contribution in [0, 0.1) is 5.82 Å². The summed E-state index contributed by atoms with van der Waals surface area (Å²) in [6.45, 7) is 0. The highest BCUT2D eigenvalue weighted by Crippen LogP contribution is 2.41. The van der Waals surface area contributed by atoms with Gasteiger partial charge in [0.25, 0.3) is 0 Å². The van der Waals surface area contributed by atoms with Crippen molar-refractivity contribution < 1.29 is 13.9 Å². The van der Waals surface area contributed by atoms with Crippen LogP contribution in [0.4, 0.5) is 4.39 Å². The summed E-state index contributed by atoms with van der Waals surface area (Å²) in [5.41, 5.74) is 1.26. The fraction of sp³-hybridized carbons (Fsp3) is 0.263. The maximum absolute atomic E-state index is 13.8. The molecule has 2 heterocycles. The lowest BCUT2D eigenvalue weighted by molar-refractivity contribution is 0.102. The lowest BCUT2D eigenvalue weighted by Gasteiger charge is -2.08. The highest BCUT2D eigenvalue weighted by molar-refractivity contribution is 7.99.